The monoisotopic (exact) mass is 299 g/mol. The van der Waals surface area contributed by atoms with Crippen LogP contribution in [0.2, 0.25) is 0 Å². The van der Waals surface area contributed by atoms with Gasteiger partial charge >= 0.3 is 5.97 Å². The van der Waals surface area contributed by atoms with E-state index >= 15 is 0 Å². The number of rotatable bonds is 4. The smallest absolute Gasteiger partial charge is 0.326 e. The van der Waals surface area contributed by atoms with Crippen molar-refractivity contribution in [3.63, 3.8) is 0 Å². The molecule has 1 fully saturated rings. The van der Waals surface area contributed by atoms with Gasteiger partial charge in [0, 0.05) is 18.9 Å². The van der Waals surface area contributed by atoms with Crippen molar-refractivity contribution in [1.82, 2.24) is 14.7 Å². The van der Waals surface area contributed by atoms with E-state index in [0.29, 0.717) is 13.0 Å². The maximum atomic E-state index is 12.3. The van der Waals surface area contributed by atoms with Gasteiger partial charge in [-0.05, 0) is 36.6 Å². The van der Waals surface area contributed by atoms with Gasteiger partial charge in [0.15, 0.2) is 0 Å². The molecule has 3 rings (SSSR count). The average Bonchev–Trinajstić information content (AvgIpc) is 3.19. The number of amides is 1. The first-order chi connectivity index (χ1) is 10.6. The molecule has 0 bridgehead atoms. The van der Waals surface area contributed by atoms with Crippen LogP contribution < -0.4 is 0 Å². The molecule has 0 spiro atoms. The van der Waals surface area contributed by atoms with Crippen LogP contribution >= 0.6 is 0 Å². The molecule has 1 atom stereocenters. The van der Waals surface area contributed by atoms with Gasteiger partial charge in [-0.15, -0.1) is 0 Å². The van der Waals surface area contributed by atoms with Crippen molar-refractivity contribution in [2.75, 3.05) is 6.54 Å². The molecular weight excluding hydrogens is 282 g/mol. The lowest BCUT2D eigenvalue weighted by molar-refractivity contribution is -0.148. The predicted molar refractivity (Wildman–Crippen MR) is 79.6 cm³/mol. The minimum Gasteiger partial charge on any atom is -0.480 e. The van der Waals surface area contributed by atoms with E-state index in [-0.39, 0.29) is 12.3 Å². The van der Waals surface area contributed by atoms with Crippen LogP contribution in [0.3, 0.4) is 0 Å². The Labute approximate surface area is 128 Å². The molecule has 0 radical (unpaired) electrons. The number of benzene rings is 1. The van der Waals surface area contributed by atoms with E-state index in [9.17, 15) is 9.59 Å². The molecule has 6 nitrogen and oxygen atoms in total. The number of carboxylic acids is 1. The third kappa shape index (κ3) is 2.86. The lowest BCUT2D eigenvalue weighted by atomic mass is 10.1. The normalized spacial score (nSPS) is 17.6. The Bertz CT molecular complexity index is 664. The van der Waals surface area contributed by atoms with Crippen LogP contribution in [0.1, 0.15) is 18.4 Å². The number of nitrogens with zero attached hydrogens (tertiary/aromatic N) is 3. The first-order valence-corrected chi connectivity index (χ1v) is 7.26. The van der Waals surface area contributed by atoms with Gasteiger partial charge in [0.25, 0.3) is 0 Å². The Kier molecular flexibility index (Phi) is 3.91. The molecule has 1 aliphatic rings. The summed E-state index contributed by atoms with van der Waals surface area (Å²) >= 11 is 0. The highest BCUT2D eigenvalue weighted by Crippen LogP contribution is 2.19. The molecule has 6 heteroatoms. The first-order valence-electron chi connectivity index (χ1n) is 7.26. The van der Waals surface area contributed by atoms with Gasteiger partial charge in [-0.2, -0.15) is 5.10 Å². The summed E-state index contributed by atoms with van der Waals surface area (Å²) in [6.07, 6.45) is 5.07. The van der Waals surface area contributed by atoms with Crippen molar-refractivity contribution in [3.05, 3.63) is 48.3 Å². The van der Waals surface area contributed by atoms with E-state index < -0.39 is 12.0 Å². The quantitative estimate of drug-likeness (QED) is 0.928. The fourth-order valence-electron chi connectivity index (χ4n) is 2.79. The summed E-state index contributed by atoms with van der Waals surface area (Å²) in [4.78, 5) is 24.9. The molecule has 1 N–H and O–H groups in total. The zero-order valence-electron chi connectivity index (χ0n) is 12.1. The molecule has 1 aromatic heterocycles. The van der Waals surface area contributed by atoms with E-state index in [2.05, 4.69) is 5.10 Å². The van der Waals surface area contributed by atoms with Gasteiger partial charge in [-0.1, -0.05) is 12.1 Å². The predicted octanol–water partition coefficient (Wildman–Crippen LogP) is 1.49. The van der Waals surface area contributed by atoms with E-state index in [1.54, 1.807) is 10.9 Å². The van der Waals surface area contributed by atoms with Gasteiger partial charge in [-0.25, -0.2) is 9.48 Å². The molecule has 0 saturated carbocycles. The Hall–Kier alpha value is -2.63. The lowest BCUT2D eigenvalue weighted by Crippen LogP contribution is -2.41. The topological polar surface area (TPSA) is 75.4 Å². The molecule has 2 aromatic rings. The Morgan fingerprint density at radius 3 is 2.68 bits per heavy atom. The van der Waals surface area contributed by atoms with Crippen molar-refractivity contribution in [2.24, 2.45) is 0 Å². The number of carboxylic acid groups (broad SMARTS) is 1. The SMILES string of the molecule is O=C(O)C1CCCN1C(=O)Cc1ccc(-n2cccn2)cc1. The van der Waals surface area contributed by atoms with Crippen LogP contribution in [0.5, 0.6) is 0 Å². The maximum absolute atomic E-state index is 12.3. The summed E-state index contributed by atoms with van der Waals surface area (Å²) in [5.74, 6) is -1.04. The minimum absolute atomic E-state index is 0.128. The highest BCUT2D eigenvalue weighted by atomic mass is 16.4. The number of carbonyl (C=O) groups is 2. The van der Waals surface area contributed by atoms with Crippen molar-refractivity contribution in [1.29, 1.82) is 0 Å². The zero-order valence-corrected chi connectivity index (χ0v) is 12.1. The van der Waals surface area contributed by atoms with E-state index in [1.165, 1.54) is 4.90 Å². The Morgan fingerprint density at radius 1 is 1.27 bits per heavy atom. The van der Waals surface area contributed by atoms with Crippen molar-refractivity contribution in [2.45, 2.75) is 25.3 Å². The zero-order chi connectivity index (χ0) is 15.5. The van der Waals surface area contributed by atoms with Gasteiger partial charge in [0.1, 0.15) is 6.04 Å². The van der Waals surface area contributed by atoms with Crippen molar-refractivity contribution in [3.8, 4) is 5.69 Å². The minimum atomic E-state index is -0.917. The summed E-state index contributed by atoms with van der Waals surface area (Å²) in [7, 11) is 0. The summed E-state index contributed by atoms with van der Waals surface area (Å²) in [6, 6.07) is 8.72. The van der Waals surface area contributed by atoms with E-state index in [4.69, 9.17) is 5.11 Å². The number of hydrogen-bond acceptors (Lipinski definition) is 3. The summed E-state index contributed by atoms with van der Waals surface area (Å²) < 4.78 is 1.74. The van der Waals surface area contributed by atoms with Crippen LogP contribution in [0.25, 0.3) is 5.69 Å². The summed E-state index contributed by atoms with van der Waals surface area (Å²) in [5, 5.41) is 13.3. The molecule has 1 aromatic carbocycles. The number of aromatic nitrogens is 2. The van der Waals surface area contributed by atoms with Crippen LogP contribution in [0.15, 0.2) is 42.7 Å². The molecule has 0 aliphatic carbocycles. The number of likely N-dealkylation sites (tertiary alicyclic amines) is 1. The molecule has 114 valence electrons. The van der Waals surface area contributed by atoms with Gasteiger partial charge in [0.2, 0.25) is 5.91 Å². The molecule has 22 heavy (non-hydrogen) atoms. The maximum Gasteiger partial charge on any atom is 0.326 e. The van der Waals surface area contributed by atoms with Crippen molar-refractivity contribution >= 4 is 11.9 Å². The second-order valence-electron chi connectivity index (χ2n) is 5.38. The fraction of sp³-hybridized carbons (Fsp3) is 0.312. The lowest BCUT2D eigenvalue weighted by Gasteiger charge is -2.21. The molecule has 2 heterocycles. The van der Waals surface area contributed by atoms with Gasteiger partial charge in [0.05, 0.1) is 12.1 Å². The summed E-state index contributed by atoms with van der Waals surface area (Å²) in [5.41, 5.74) is 1.79. The van der Waals surface area contributed by atoms with E-state index in [1.807, 2.05) is 36.5 Å². The largest absolute Gasteiger partial charge is 0.480 e. The third-order valence-corrected chi connectivity index (χ3v) is 3.92. The van der Waals surface area contributed by atoms with Gasteiger partial charge in [-0.3, -0.25) is 4.79 Å². The van der Waals surface area contributed by atoms with Crippen LogP contribution in [-0.2, 0) is 16.0 Å². The highest BCUT2D eigenvalue weighted by molar-refractivity contribution is 5.85. The highest BCUT2D eigenvalue weighted by Gasteiger charge is 2.33. The first kappa shape index (κ1) is 14.3. The molecule has 1 unspecified atom stereocenters. The molecule has 1 saturated heterocycles. The van der Waals surface area contributed by atoms with Crippen LogP contribution in [0, 0.1) is 0 Å². The fourth-order valence-corrected chi connectivity index (χ4v) is 2.79. The number of carbonyl (C=O) groups excluding carboxylic acids is 1. The molecule has 1 amide bonds. The number of aliphatic carboxylic acids is 1. The number of hydrogen-bond donors (Lipinski definition) is 1. The average molecular weight is 299 g/mol. The third-order valence-electron chi connectivity index (χ3n) is 3.92. The van der Waals surface area contributed by atoms with E-state index in [0.717, 1.165) is 17.7 Å². The second kappa shape index (κ2) is 6.01. The van der Waals surface area contributed by atoms with Crippen LogP contribution in [0.4, 0.5) is 0 Å². The molecular formula is C16H17N3O3. The standard InChI is InChI=1S/C16H17N3O3/c20-15(18-9-1-3-14(18)16(21)22)11-12-4-6-13(7-5-12)19-10-2-8-17-19/h2,4-8,10,14H,1,3,9,11H2,(H,21,22). The van der Waals surface area contributed by atoms with Gasteiger partial charge < -0.3 is 10.0 Å². The van der Waals surface area contributed by atoms with Crippen molar-refractivity contribution < 1.29 is 14.7 Å². The second-order valence-corrected chi connectivity index (χ2v) is 5.38. The Balaban J connectivity index is 1.68. The summed E-state index contributed by atoms with van der Waals surface area (Å²) in [6.45, 7) is 0.529. The van der Waals surface area contributed by atoms with Crippen LogP contribution in [-0.4, -0.2) is 44.3 Å². The molecule has 1 aliphatic heterocycles. The Morgan fingerprint density at radius 2 is 2.05 bits per heavy atom.